The summed E-state index contributed by atoms with van der Waals surface area (Å²) in [6, 6.07) is 5.51. The lowest BCUT2D eigenvalue weighted by Crippen LogP contribution is -2.49. The third-order valence-electron chi connectivity index (χ3n) is 3.91. The number of rotatable bonds is 3. The molecule has 0 aliphatic carbocycles. The van der Waals surface area contributed by atoms with Gasteiger partial charge in [-0.1, -0.05) is 17.7 Å². The summed E-state index contributed by atoms with van der Waals surface area (Å²) in [7, 11) is 0. The van der Waals surface area contributed by atoms with Crippen molar-refractivity contribution in [3.63, 3.8) is 0 Å². The van der Waals surface area contributed by atoms with Crippen molar-refractivity contribution in [1.82, 2.24) is 9.80 Å². The van der Waals surface area contributed by atoms with Gasteiger partial charge in [0.15, 0.2) is 0 Å². The molecule has 1 fully saturated rings. The number of ether oxygens (including phenoxy) is 1. The van der Waals surface area contributed by atoms with Crippen molar-refractivity contribution in [2.24, 2.45) is 0 Å². The summed E-state index contributed by atoms with van der Waals surface area (Å²) in [5.74, 6) is -0.902. The molecule has 0 spiro atoms. The summed E-state index contributed by atoms with van der Waals surface area (Å²) < 4.78 is 5.39. The van der Waals surface area contributed by atoms with E-state index >= 15 is 0 Å². The van der Waals surface area contributed by atoms with Crippen LogP contribution in [0.25, 0.3) is 0 Å². The third-order valence-corrected chi connectivity index (χ3v) is 3.91. The van der Waals surface area contributed by atoms with Crippen LogP contribution in [-0.4, -0.2) is 58.7 Å². The van der Waals surface area contributed by atoms with E-state index in [2.05, 4.69) is 4.90 Å². The molecule has 0 unspecified atom stereocenters. The molecule has 1 heterocycles. The Morgan fingerprint density at radius 2 is 1.79 bits per heavy atom. The largest absolute Gasteiger partial charge is 0.478 e. The first kappa shape index (κ1) is 18.3. The SMILES string of the molecule is Cc1ccc(CN2CCN(C(=O)OC(C)(C)C)CC2)c(C(=O)O)c1. The van der Waals surface area contributed by atoms with Crippen molar-refractivity contribution in [2.45, 2.75) is 39.8 Å². The number of aryl methyl sites for hydroxylation is 1. The second kappa shape index (κ2) is 7.21. The van der Waals surface area contributed by atoms with Crippen LogP contribution in [0.15, 0.2) is 18.2 Å². The van der Waals surface area contributed by atoms with E-state index in [1.165, 1.54) is 0 Å². The van der Waals surface area contributed by atoms with Gasteiger partial charge in [-0.2, -0.15) is 0 Å². The first-order valence-electron chi connectivity index (χ1n) is 8.19. The second-order valence-corrected chi connectivity index (χ2v) is 7.21. The second-order valence-electron chi connectivity index (χ2n) is 7.21. The minimum atomic E-state index is -0.902. The number of nitrogens with zero attached hydrogens (tertiary/aromatic N) is 2. The zero-order valence-corrected chi connectivity index (χ0v) is 14.8. The average Bonchev–Trinajstić information content (AvgIpc) is 2.48. The predicted octanol–water partition coefficient (Wildman–Crippen LogP) is 2.75. The fourth-order valence-electron chi connectivity index (χ4n) is 2.68. The van der Waals surface area contributed by atoms with Gasteiger partial charge in [0.05, 0.1) is 5.56 Å². The van der Waals surface area contributed by atoms with Gasteiger partial charge < -0.3 is 14.7 Å². The van der Waals surface area contributed by atoms with Gasteiger partial charge in [-0.3, -0.25) is 4.90 Å². The zero-order valence-electron chi connectivity index (χ0n) is 14.8. The monoisotopic (exact) mass is 334 g/mol. The Labute approximate surface area is 143 Å². The number of aromatic carboxylic acids is 1. The zero-order chi connectivity index (χ0) is 17.9. The summed E-state index contributed by atoms with van der Waals surface area (Å²) in [6.45, 7) is 10.6. The molecule has 1 amide bonds. The summed E-state index contributed by atoms with van der Waals surface area (Å²) >= 11 is 0. The van der Waals surface area contributed by atoms with Crippen LogP contribution in [0.1, 0.15) is 42.3 Å². The maximum Gasteiger partial charge on any atom is 0.410 e. The molecule has 6 nitrogen and oxygen atoms in total. The van der Waals surface area contributed by atoms with Gasteiger partial charge in [0.25, 0.3) is 0 Å². The molecule has 0 atom stereocenters. The molecule has 0 bridgehead atoms. The molecule has 0 radical (unpaired) electrons. The van der Waals surface area contributed by atoms with Crippen LogP contribution in [0.4, 0.5) is 4.79 Å². The molecule has 0 saturated carbocycles. The van der Waals surface area contributed by atoms with Gasteiger partial charge in [-0.15, -0.1) is 0 Å². The molecule has 132 valence electrons. The number of benzene rings is 1. The molecule has 1 N–H and O–H groups in total. The van der Waals surface area contributed by atoms with E-state index in [1.807, 2.05) is 39.8 Å². The summed E-state index contributed by atoms with van der Waals surface area (Å²) in [6.07, 6.45) is -0.288. The van der Waals surface area contributed by atoms with Crippen molar-refractivity contribution < 1.29 is 19.4 Å². The molecule has 2 rings (SSSR count). The van der Waals surface area contributed by atoms with Crippen LogP contribution in [0, 0.1) is 6.92 Å². The summed E-state index contributed by atoms with van der Waals surface area (Å²) in [5, 5.41) is 9.35. The Morgan fingerprint density at radius 1 is 1.17 bits per heavy atom. The van der Waals surface area contributed by atoms with Gasteiger partial charge in [-0.05, 0) is 39.3 Å². The van der Waals surface area contributed by atoms with Gasteiger partial charge in [0.1, 0.15) is 5.60 Å². The lowest BCUT2D eigenvalue weighted by atomic mass is 10.0. The van der Waals surface area contributed by atoms with Crippen LogP contribution in [0.3, 0.4) is 0 Å². The molecule has 1 aromatic rings. The smallest absolute Gasteiger partial charge is 0.410 e. The van der Waals surface area contributed by atoms with E-state index in [9.17, 15) is 14.7 Å². The molecule has 6 heteroatoms. The van der Waals surface area contributed by atoms with Crippen LogP contribution in [-0.2, 0) is 11.3 Å². The Kier molecular flexibility index (Phi) is 5.49. The number of hydrogen-bond acceptors (Lipinski definition) is 4. The number of hydrogen-bond donors (Lipinski definition) is 1. The Morgan fingerprint density at radius 3 is 2.33 bits per heavy atom. The third kappa shape index (κ3) is 4.96. The van der Waals surface area contributed by atoms with E-state index < -0.39 is 11.6 Å². The molecular weight excluding hydrogens is 308 g/mol. The minimum Gasteiger partial charge on any atom is -0.478 e. The van der Waals surface area contributed by atoms with E-state index in [-0.39, 0.29) is 6.09 Å². The number of piperazine rings is 1. The lowest BCUT2D eigenvalue weighted by Gasteiger charge is -2.35. The topological polar surface area (TPSA) is 70.1 Å². The highest BCUT2D eigenvalue weighted by atomic mass is 16.6. The van der Waals surface area contributed by atoms with E-state index in [0.717, 1.165) is 11.1 Å². The fraction of sp³-hybridized carbons (Fsp3) is 0.556. The van der Waals surface area contributed by atoms with E-state index in [0.29, 0.717) is 38.3 Å². The minimum absolute atomic E-state index is 0.288. The van der Waals surface area contributed by atoms with Crippen LogP contribution >= 0.6 is 0 Å². The Balaban J connectivity index is 1.94. The van der Waals surface area contributed by atoms with Crippen molar-refractivity contribution >= 4 is 12.1 Å². The van der Waals surface area contributed by atoms with Crippen LogP contribution < -0.4 is 0 Å². The normalized spacial score (nSPS) is 16.1. The van der Waals surface area contributed by atoms with Crippen molar-refractivity contribution in [3.05, 3.63) is 34.9 Å². The fourth-order valence-corrected chi connectivity index (χ4v) is 2.68. The quantitative estimate of drug-likeness (QED) is 0.920. The molecule has 1 saturated heterocycles. The van der Waals surface area contributed by atoms with Crippen molar-refractivity contribution in [3.8, 4) is 0 Å². The van der Waals surface area contributed by atoms with Crippen LogP contribution in [0.5, 0.6) is 0 Å². The molecule has 0 aromatic heterocycles. The maximum absolute atomic E-state index is 12.1. The van der Waals surface area contributed by atoms with Crippen LogP contribution in [0.2, 0.25) is 0 Å². The van der Waals surface area contributed by atoms with Gasteiger partial charge in [0, 0.05) is 32.7 Å². The highest BCUT2D eigenvalue weighted by molar-refractivity contribution is 5.89. The van der Waals surface area contributed by atoms with Crippen molar-refractivity contribution in [2.75, 3.05) is 26.2 Å². The molecule has 24 heavy (non-hydrogen) atoms. The highest BCUT2D eigenvalue weighted by Crippen LogP contribution is 2.17. The predicted molar refractivity (Wildman–Crippen MR) is 91.2 cm³/mol. The summed E-state index contributed by atoms with van der Waals surface area (Å²) in [4.78, 5) is 27.3. The number of amides is 1. The van der Waals surface area contributed by atoms with Gasteiger partial charge >= 0.3 is 12.1 Å². The lowest BCUT2D eigenvalue weighted by molar-refractivity contribution is 0.0139. The summed E-state index contributed by atoms with van der Waals surface area (Å²) in [5.41, 5.74) is 1.60. The molecular formula is C18H26N2O4. The highest BCUT2D eigenvalue weighted by Gasteiger charge is 2.26. The number of carboxylic acids is 1. The number of carboxylic acid groups (broad SMARTS) is 1. The first-order valence-corrected chi connectivity index (χ1v) is 8.19. The van der Waals surface area contributed by atoms with Gasteiger partial charge in [-0.25, -0.2) is 9.59 Å². The molecule has 1 aliphatic rings. The molecule has 1 aromatic carbocycles. The maximum atomic E-state index is 12.1. The first-order chi connectivity index (χ1) is 11.2. The van der Waals surface area contributed by atoms with E-state index in [4.69, 9.17) is 4.74 Å². The van der Waals surface area contributed by atoms with Crippen molar-refractivity contribution in [1.29, 1.82) is 0 Å². The average molecular weight is 334 g/mol. The molecule has 1 aliphatic heterocycles. The number of carbonyl (C=O) groups excluding carboxylic acids is 1. The van der Waals surface area contributed by atoms with E-state index in [1.54, 1.807) is 11.0 Å². The van der Waals surface area contributed by atoms with Gasteiger partial charge in [0.2, 0.25) is 0 Å². The Hall–Kier alpha value is -2.08. The standard InChI is InChI=1S/C18H26N2O4/c1-13-5-6-14(15(11-13)16(21)22)12-19-7-9-20(10-8-19)17(23)24-18(2,3)4/h5-6,11H,7-10,12H2,1-4H3,(H,21,22). The Bertz CT molecular complexity index is 614. The number of carbonyl (C=O) groups is 2.